The van der Waals surface area contributed by atoms with Gasteiger partial charge in [-0.2, -0.15) is 4.98 Å². The van der Waals surface area contributed by atoms with E-state index < -0.39 is 0 Å². The van der Waals surface area contributed by atoms with Crippen LogP contribution in [0.15, 0.2) is 36.5 Å². The lowest BCUT2D eigenvalue weighted by molar-refractivity contribution is -0.118. The van der Waals surface area contributed by atoms with Gasteiger partial charge in [-0.15, -0.1) is 0 Å². The number of carbonyl (C=O) groups excluding carboxylic acids is 1. The predicted molar refractivity (Wildman–Crippen MR) is 98.4 cm³/mol. The van der Waals surface area contributed by atoms with Crippen molar-refractivity contribution in [1.29, 1.82) is 0 Å². The Hall–Kier alpha value is -2.83. The van der Waals surface area contributed by atoms with E-state index in [1.807, 2.05) is 49.3 Å². The van der Waals surface area contributed by atoms with E-state index in [2.05, 4.69) is 20.2 Å². The molecule has 0 saturated carbocycles. The molecular formula is C18H23N5O2. The maximum atomic E-state index is 12.2. The number of hydrogen-bond donors (Lipinski definition) is 1. The number of carbonyl (C=O) groups is 1. The molecule has 2 aromatic rings. The highest BCUT2D eigenvalue weighted by molar-refractivity contribution is 5.94. The molecule has 0 aliphatic carbocycles. The summed E-state index contributed by atoms with van der Waals surface area (Å²) >= 11 is 0. The first-order valence-corrected chi connectivity index (χ1v) is 8.40. The van der Waals surface area contributed by atoms with Gasteiger partial charge in [0.25, 0.3) is 5.91 Å². The maximum absolute atomic E-state index is 12.2. The van der Waals surface area contributed by atoms with Gasteiger partial charge < -0.3 is 19.9 Å². The summed E-state index contributed by atoms with van der Waals surface area (Å²) in [5.41, 5.74) is 0.578. The number of nitrogens with one attached hydrogen (secondary N) is 1. The lowest BCUT2D eigenvalue weighted by Gasteiger charge is -2.21. The molecule has 1 aliphatic rings. The molecule has 1 fully saturated rings. The molecule has 25 heavy (non-hydrogen) atoms. The molecule has 1 aliphatic heterocycles. The number of hydrogen-bond acceptors (Lipinski definition) is 6. The molecule has 0 bridgehead atoms. The van der Waals surface area contributed by atoms with E-state index in [0.717, 1.165) is 25.9 Å². The van der Waals surface area contributed by atoms with E-state index in [-0.39, 0.29) is 12.5 Å². The largest absolute Gasteiger partial charge is 0.484 e. The second-order valence-corrected chi connectivity index (χ2v) is 6.15. The third kappa shape index (κ3) is 4.37. The number of anilines is 3. The van der Waals surface area contributed by atoms with E-state index in [9.17, 15) is 4.79 Å². The molecule has 0 unspecified atom stereocenters. The summed E-state index contributed by atoms with van der Waals surface area (Å²) in [7, 11) is 3.79. The summed E-state index contributed by atoms with van der Waals surface area (Å²) in [6, 6.07) is 9.25. The Labute approximate surface area is 147 Å². The van der Waals surface area contributed by atoms with Crippen LogP contribution in [0.3, 0.4) is 0 Å². The second kappa shape index (κ2) is 7.83. The summed E-state index contributed by atoms with van der Waals surface area (Å²) in [6.07, 6.45) is 3.99. The van der Waals surface area contributed by atoms with E-state index in [0.29, 0.717) is 23.2 Å². The van der Waals surface area contributed by atoms with Gasteiger partial charge in [0, 0.05) is 27.2 Å². The van der Waals surface area contributed by atoms with Crippen molar-refractivity contribution in [3.05, 3.63) is 36.5 Å². The van der Waals surface area contributed by atoms with Gasteiger partial charge in [0.05, 0.1) is 6.20 Å². The van der Waals surface area contributed by atoms with Crippen LogP contribution in [0.4, 0.5) is 17.5 Å². The predicted octanol–water partition coefficient (Wildman–Crippen LogP) is 2.16. The molecule has 2 heterocycles. The highest BCUT2D eigenvalue weighted by Gasteiger charge is 2.18. The zero-order valence-electron chi connectivity index (χ0n) is 14.6. The highest BCUT2D eigenvalue weighted by Crippen LogP contribution is 2.25. The molecule has 132 valence electrons. The Morgan fingerprint density at radius 1 is 1.24 bits per heavy atom. The Bertz CT molecular complexity index is 715. The summed E-state index contributed by atoms with van der Waals surface area (Å²) < 4.78 is 5.47. The van der Waals surface area contributed by atoms with Gasteiger partial charge in [-0.05, 0) is 25.0 Å². The van der Waals surface area contributed by atoms with Crippen LogP contribution >= 0.6 is 0 Å². The fourth-order valence-electron chi connectivity index (χ4n) is 2.71. The first-order valence-electron chi connectivity index (χ1n) is 8.40. The number of ether oxygens (including phenoxy) is 1. The minimum atomic E-state index is -0.246. The fourth-order valence-corrected chi connectivity index (χ4v) is 2.71. The zero-order valence-corrected chi connectivity index (χ0v) is 14.6. The van der Waals surface area contributed by atoms with Crippen molar-refractivity contribution < 1.29 is 9.53 Å². The minimum absolute atomic E-state index is 0.0647. The van der Waals surface area contributed by atoms with Crippen molar-refractivity contribution in [2.75, 3.05) is 48.9 Å². The topological polar surface area (TPSA) is 70.6 Å². The summed E-state index contributed by atoms with van der Waals surface area (Å²) in [5.74, 6) is 1.81. The molecule has 1 saturated heterocycles. The standard InChI is InChI=1S/C18H23N5O2/c1-22(2)17-15(12-19-18(21-17)23-10-6-7-11-23)20-16(24)13-25-14-8-4-3-5-9-14/h3-5,8-9,12H,6-7,10-11,13H2,1-2H3,(H,20,24). The normalized spacial score (nSPS) is 13.6. The van der Waals surface area contributed by atoms with Gasteiger partial charge in [-0.1, -0.05) is 18.2 Å². The molecule has 1 N–H and O–H groups in total. The van der Waals surface area contributed by atoms with Gasteiger partial charge in [0.2, 0.25) is 5.95 Å². The lowest BCUT2D eigenvalue weighted by Crippen LogP contribution is -2.25. The SMILES string of the molecule is CN(C)c1nc(N2CCCC2)ncc1NC(=O)COc1ccccc1. The summed E-state index contributed by atoms with van der Waals surface area (Å²) in [4.78, 5) is 25.2. The molecule has 0 atom stereocenters. The number of nitrogens with zero attached hydrogens (tertiary/aromatic N) is 4. The number of para-hydroxylation sites is 1. The molecule has 3 rings (SSSR count). The van der Waals surface area contributed by atoms with Crippen LogP contribution in [0.25, 0.3) is 0 Å². The van der Waals surface area contributed by atoms with Crippen LogP contribution < -0.4 is 19.9 Å². The smallest absolute Gasteiger partial charge is 0.262 e. The van der Waals surface area contributed by atoms with Gasteiger partial charge in [0.1, 0.15) is 11.4 Å². The third-order valence-electron chi connectivity index (χ3n) is 3.96. The van der Waals surface area contributed by atoms with E-state index in [1.54, 1.807) is 6.20 Å². The molecule has 1 aromatic carbocycles. The van der Waals surface area contributed by atoms with Gasteiger partial charge >= 0.3 is 0 Å². The lowest BCUT2D eigenvalue weighted by atomic mass is 10.3. The van der Waals surface area contributed by atoms with Gasteiger partial charge in [-0.25, -0.2) is 4.98 Å². The number of amides is 1. The van der Waals surface area contributed by atoms with Crippen molar-refractivity contribution in [2.24, 2.45) is 0 Å². The molecule has 1 aromatic heterocycles. The number of rotatable bonds is 6. The van der Waals surface area contributed by atoms with Crippen molar-refractivity contribution in [3.63, 3.8) is 0 Å². The first kappa shape index (κ1) is 17.0. The highest BCUT2D eigenvalue weighted by atomic mass is 16.5. The zero-order chi connectivity index (χ0) is 17.6. The van der Waals surface area contributed by atoms with Crippen molar-refractivity contribution in [1.82, 2.24) is 9.97 Å². The van der Waals surface area contributed by atoms with Crippen LogP contribution in [0, 0.1) is 0 Å². The molecule has 7 nitrogen and oxygen atoms in total. The van der Waals surface area contributed by atoms with Crippen LogP contribution in [0.2, 0.25) is 0 Å². The fraction of sp³-hybridized carbons (Fsp3) is 0.389. The Balaban J connectivity index is 1.67. The van der Waals surface area contributed by atoms with Crippen LogP contribution in [0.5, 0.6) is 5.75 Å². The molecule has 0 spiro atoms. The van der Waals surface area contributed by atoms with E-state index in [1.165, 1.54) is 0 Å². The van der Waals surface area contributed by atoms with E-state index >= 15 is 0 Å². The monoisotopic (exact) mass is 341 g/mol. The van der Waals surface area contributed by atoms with Gasteiger partial charge in [-0.3, -0.25) is 4.79 Å². The average Bonchev–Trinajstić information content (AvgIpc) is 3.16. The Kier molecular flexibility index (Phi) is 5.33. The number of aromatic nitrogens is 2. The minimum Gasteiger partial charge on any atom is -0.484 e. The van der Waals surface area contributed by atoms with Crippen LogP contribution in [-0.4, -0.2) is 49.7 Å². The maximum Gasteiger partial charge on any atom is 0.262 e. The Morgan fingerprint density at radius 3 is 2.64 bits per heavy atom. The van der Waals surface area contributed by atoms with Crippen molar-refractivity contribution in [2.45, 2.75) is 12.8 Å². The third-order valence-corrected chi connectivity index (χ3v) is 3.96. The molecule has 1 amide bonds. The summed E-state index contributed by atoms with van der Waals surface area (Å²) in [6.45, 7) is 1.89. The molecule has 7 heteroatoms. The molecular weight excluding hydrogens is 318 g/mol. The van der Waals surface area contributed by atoms with Gasteiger partial charge in [0.15, 0.2) is 12.4 Å². The van der Waals surface area contributed by atoms with Crippen LogP contribution in [-0.2, 0) is 4.79 Å². The van der Waals surface area contributed by atoms with Crippen molar-refractivity contribution >= 4 is 23.4 Å². The second-order valence-electron chi connectivity index (χ2n) is 6.15. The van der Waals surface area contributed by atoms with Crippen LogP contribution in [0.1, 0.15) is 12.8 Å². The van der Waals surface area contributed by atoms with Crippen molar-refractivity contribution in [3.8, 4) is 5.75 Å². The van der Waals surface area contributed by atoms with E-state index in [4.69, 9.17) is 4.74 Å². The quantitative estimate of drug-likeness (QED) is 0.868. The first-order chi connectivity index (χ1) is 12.1. The number of benzene rings is 1. The Morgan fingerprint density at radius 2 is 1.96 bits per heavy atom. The summed E-state index contributed by atoms with van der Waals surface area (Å²) in [5, 5.41) is 2.83. The average molecular weight is 341 g/mol. The molecule has 0 radical (unpaired) electrons.